The molecule has 1 aromatic carbocycles. The highest BCUT2D eigenvalue weighted by Gasteiger charge is 2.11. The smallest absolute Gasteiger partial charge is 0.223 e. The van der Waals surface area contributed by atoms with Crippen LogP contribution in [0, 0.1) is 6.92 Å². The first kappa shape index (κ1) is 17.3. The predicted octanol–water partition coefficient (Wildman–Crippen LogP) is 2.08. The largest absolute Gasteiger partial charge is 0.490 e. The number of nitrogens with one attached hydrogen (secondary N) is 1. The quantitative estimate of drug-likeness (QED) is 0.435. The topological polar surface area (TPSA) is 108 Å². The number of fused-ring (bicyclic) bond motifs is 1. The molecule has 0 saturated heterocycles. The highest BCUT2D eigenvalue weighted by atomic mass is 127. The van der Waals surface area contributed by atoms with Gasteiger partial charge in [-0.1, -0.05) is 5.16 Å². The summed E-state index contributed by atoms with van der Waals surface area (Å²) in [5.74, 6) is 2.68. The van der Waals surface area contributed by atoms with Crippen LogP contribution in [0.1, 0.15) is 18.1 Å². The highest BCUT2D eigenvalue weighted by Crippen LogP contribution is 2.32. The number of aromatic nitrogens is 2. The standard InChI is InChI=1S/C14H17N5O3.HI/c1-9-17-13(19-22-9)8-16-14(15)18-10-3-4-11-12(7-10)21-6-2-5-20-11;/h3-4,7H,2,5-6,8H2,1H3,(H3,15,16,18);1H. The van der Waals surface area contributed by atoms with Gasteiger partial charge in [-0.15, -0.1) is 24.0 Å². The number of halogens is 1. The first-order valence-electron chi connectivity index (χ1n) is 6.96. The normalized spacial score (nSPS) is 13.9. The van der Waals surface area contributed by atoms with Gasteiger partial charge in [0.2, 0.25) is 5.89 Å². The third-order valence-corrected chi connectivity index (χ3v) is 2.98. The Hall–Kier alpha value is -2.04. The van der Waals surface area contributed by atoms with Crippen molar-refractivity contribution < 1.29 is 14.0 Å². The summed E-state index contributed by atoms with van der Waals surface area (Å²) in [5, 5.41) is 6.75. The Labute approximate surface area is 150 Å². The van der Waals surface area contributed by atoms with Crippen molar-refractivity contribution in [3.8, 4) is 11.5 Å². The van der Waals surface area contributed by atoms with E-state index >= 15 is 0 Å². The number of aliphatic imine (C=N–C) groups is 1. The zero-order chi connectivity index (χ0) is 15.4. The maximum Gasteiger partial charge on any atom is 0.223 e. The second-order valence-electron chi connectivity index (χ2n) is 4.77. The zero-order valence-electron chi connectivity index (χ0n) is 12.6. The monoisotopic (exact) mass is 431 g/mol. The summed E-state index contributed by atoms with van der Waals surface area (Å²) in [6.07, 6.45) is 0.866. The molecule has 0 fully saturated rings. The van der Waals surface area contributed by atoms with Crippen LogP contribution < -0.4 is 20.5 Å². The fourth-order valence-corrected chi connectivity index (χ4v) is 1.99. The number of nitrogens with zero attached hydrogens (tertiary/aromatic N) is 3. The Morgan fingerprint density at radius 2 is 2.09 bits per heavy atom. The molecule has 3 rings (SSSR count). The van der Waals surface area contributed by atoms with E-state index in [0.29, 0.717) is 30.7 Å². The molecule has 3 N–H and O–H groups in total. The van der Waals surface area contributed by atoms with E-state index in [1.54, 1.807) is 6.92 Å². The summed E-state index contributed by atoms with van der Waals surface area (Å²) < 4.78 is 16.1. The van der Waals surface area contributed by atoms with Crippen molar-refractivity contribution >= 4 is 35.6 Å². The molecule has 2 heterocycles. The van der Waals surface area contributed by atoms with Gasteiger partial charge in [0.05, 0.1) is 13.2 Å². The van der Waals surface area contributed by atoms with Crippen LogP contribution in [0.3, 0.4) is 0 Å². The van der Waals surface area contributed by atoms with Gasteiger partial charge in [0, 0.05) is 25.1 Å². The molecule has 1 aliphatic heterocycles. The number of rotatable bonds is 3. The Morgan fingerprint density at radius 1 is 1.30 bits per heavy atom. The summed E-state index contributed by atoms with van der Waals surface area (Å²) >= 11 is 0. The average molecular weight is 431 g/mol. The van der Waals surface area contributed by atoms with Gasteiger partial charge in [0.15, 0.2) is 23.3 Å². The lowest BCUT2D eigenvalue weighted by Crippen LogP contribution is -2.22. The van der Waals surface area contributed by atoms with Crippen molar-refractivity contribution in [2.75, 3.05) is 18.5 Å². The van der Waals surface area contributed by atoms with Crippen molar-refractivity contribution in [1.29, 1.82) is 0 Å². The van der Waals surface area contributed by atoms with E-state index in [0.717, 1.165) is 17.9 Å². The van der Waals surface area contributed by atoms with Gasteiger partial charge >= 0.3 is 0 Å². The van der Waals surface area contributed by atoms with Crippen molar-refractivity contribution in [1.82, 2.24) is 10.1 Å². The summed E-state index contributed by atoms with van der Waals surface area (Å²) in [6.45, 7) is 3.27. The molecule has 0 radical (unpaired) electrons. The van der Waals surface area contributed by atoms with Crippen LogP contribution in [0.2, 0.25) is 0 Å². The van der Waals surface area contributed by atoms with Gasteiger partial charge in [-0.2, -0.15) is 4.98 Å². The van der Waals surface area contributed by atoms with Crippen molar-refractivity contribution in [2.24, 2.45) is 10.7 Å². The first-order valence-corrected chi connectivity index (χ1v) is 6.96. The number of nitrogens with two attached hydrogens (primary N) is 1. The molecule has 0 unspecified atom stereocenters. The molecule has 0 spiro atoms. The number of hydrogen-bond donors (Lipinski definition) is 2. The second-order valence-corrected chi connectivity index (χ2v) is 4.77. The van der Waals surface area contributed by atoms with Crippen molar-refractivity contribution in [3.63, 3.8) is 0 Å². The minimum atomic E-state index is 0. The molecule has 8 nitrogen and oxygen atoms in total. The lowest BCUT2D eigenvalue weighted by Gasteiger charge is -2.10. The fraction of sp³-hybridized carbons (Fsp3) is 0.357. The Balaban J connectivity index is 0.00000192. The Morgan fingerprint density at radius 3 is 2.83 bits per heavy atom. The summed E-state index contributed by atoms with van der Waals surface area (Å²) in [5.41, 5.74) is 6.62. The lowest BCUT2D eigenvalue weighted by molar-refractivity contribution is 0.297. The fourth-order valence-electron chi connectivity index (χ4n) is 1.99. The number of aryl methyl sites for hydroxylation is 1. The van der Waals surface area contributed by atoms with Crippen LogP contribution in [0.4, 0.5) is 5.69 Å². The Kier molecular flexibility index (Phi) is 6.02. The third-order valence-electron chi connectivity index (χ3n) is 2.98. The molecule has 2 aromatic rings. The van der Waals surface area contributed by atoms with Crippen molar-refractivity contribution in [3.05, 3.63) is 29.9 Å². The summed E-state index contributed by atoms with van der Waals surface area (Å²) in [4.78, 5) is 8.21. The molecule has 0 aliphatic carbocycles. The number of hydrogen-bond acceptors (Lipinski definition) is 6. The minimum Gasteiger partial charge on any atom is -0.490 e. The van der Waals surface area contributed by atoms with E-state index in [1.807, 2.05) is 18.2 Å². The number of anilines is 1. The van der Waals surface area contributed by atoms with Gasteiger partial charge < -0.3 is 25.0 Å². The average Bonchev–Trinajstić information content (AvgIpc) is 2.78. The summed E-state index contributed by atoms with van der Waals surface area (Å²) in [7, 11) is 0. The van der Waals surface area contributed by atoms with Crippen LogP contribution in [0.5, 0.6) is 11.5 Å². The van der Waals surface area contributed by atoms with E-state index in [2.05, 4.69) is 20.4 Å². The van der Waals surface area contributed by atoms with Gasteiger partial charge in [0.1, 0.15) is 6.54 Å². The number of ether oxygens (including phenoxy) is 2. The van der Waals surface area contributed by atoms with Gasteiger partial charge in [-0.25, -0.2) is 4.99 Å². The van der Waals surface area contributed by atoms with E-state index in [-0.39, 0.29) is 36.5 Å². The maximum atomic E-state index is 5.85. The molecule has 1 aliphatic rings. The van der Waals surface area contributed by atoms with Crippen LogP contribution in [-0.4, -0.2) is 29.3 Å². The predicted molar refractivity (Wildman–Crippen MR) is 95.4 cm³/mol. The van der Waals surface area contributed by atoms with Gasteiger partial charge in [0.25, 0.3) is 0 Å². The molecular weight excluding hydrogens is 413 g/mol. The molecule has 9 heteroatoms. The Bertz CT molecular complexity index is 689. The van der Waals surface area contributed by atoms with Crippen LogP contribution >= 0.6 is 24.0 Å². The minimum absolute atomic E-state index is 0. The van der Waals surface area contributed by atoms with E-state index in [4.69, 9.17) is 19.7 Å². The van der Waals surface area contributed by atoms with Crippen LogP contribution in [0.25, 0.3) is 0 Å². The molecule has 1 aromatic heterocycles. The molecule has 0 amide bonds. The first-order chi connectivity index (χ1) is 10.7. The maximum absolute atomic E-state index is 5.85. The van der Waals surface area contributed by atoms with Gasteiger partial charge in [-0.3, -0.25) is 0 Å². The van der Waals surface area contributed by atoms with Crippen LogP contribution in [-0.2, 0) is 6.54 Å². The molecule has 0 atom stereocenters. The summed E-state index contributed by atoms with van der Waals surface area (Å²) in [6, 6.07) is 5.54. The lowest BCUT2D eigenvalue weighted by atomic mass is 10.3. The SMILES string of the molecule is Cc1nc(CN=C(N)Nc2ccc3c(c2)OCCCO3)no1.I. The second kappa shape index (κ2) is 7.99. The van der Waals surface area contributed by atoms with Crippen molar-refractivity contribution in [2.45, 2.75) is 19.9 Å². The molecule has 0 bridgehead atoms. The zero-order valence-corrected chi connectivity index (χ0v) is 14.9. The number of benzene rings is 1. The number of guanidine groups is 1. The third kappa shape index (κ3) is 4.71. The van der Waals surface area contributed by atoms with E-state index in [9.17, 15) is 0 Å². The molecule has 0 saturated carbocycles. The molecule has 124 valence electrons. The molecule has 23 heavy (non-hydrogen) atoms. The van der Waals surface area contributed by atoms with E-state index in [1.165, 1.54) is 0 Å². The van der Waals surface area contributed by atoms with E-state index < -0.39 is 0 Å². The highest BCUT2D eigenvalue weighted by molar-refractivity contribution is 14.0. The van der Waals surface area contributed by atoms with Gasteiger partial charge in [-0.05, 0) is 12.1 Å². The molecular formula is C14H18IN5O3. The van der Waals surface area contributed by atoms with Crippen LogP contribution in [0.15, 0.2) is 27.7 Å².